The number of rotatable bonds is 2. The summed E-state index contributed by atoms with van der Waals surface area (Å²) in [5.41, 5.74) is 0. The molecule has 3 heterocycles. The highest BCUT2D eigenvalue weighted by atomic mass is 16.9. The van der Waals surface area contributed by atoms with Gasteiger partial charge in [0.1, 0.15) is 24.4 Å². The Hall–Kier alpha value is -0.680. The summed E-state index contributed by atoms with van der Waals surface area (Å²) in [6.07, 6.45) is 2.22. The standard InChI is InChI=1S/C15H22O6/c1-6-7-8(16)9-10-11(19-14(2,3)18-10)12-13(17-9)21-15(4,5)20-12/h1,8-13,16H,7H2,2-5H3/t8-,9+,10-,11-,12+,13+/m0/s1. The first kappa shape index (κ1) is 15.2. The smallest absolute Gasteiger partial charge is 0.190 e. The van der Waals surface area contributed by atoms with Crippen molar-refractivity contribution in [1.29, 1.82) is 0 Å². The third-order valence-electron chi connectivity index (χ3n) is 3.90. The molecule has 0 aliphatic carbocycles. The van der Waals surface area contributed by atoms with E-state index in [0.717, 1.165) is 0 Å². The Labute approximate surface area is 124 Å². The van der Waals surface area contributed by atoms with Gasteiger partial charge in [0.25, 0.3) is 0 Å². The minimum Gasteiger partial charge on any atom is -0.389 e. The van der Waals surface area contributed by atoms with Gasteiger partial charge in [0.2, 0.25) is 0 Å². The first-order valence-corrected chi connectivity index (χ1v) is 7.21. The molecule has 3 aliphatic rings. The highest BCUT2D eigenvalue weighted by Gasteiger charge is 2.61. The lowest BCUT2D eigenvalue weighted by Crippen LogP contribution is -2.58. The number of ether oxygens (including phenoxy) is 5. The van der Waals surface area contributed by atoms with Crippen LogP contribution in [0.4, 0.5) is 0 Å². The summed E-state index contributed by atoms with van der Waals surface area (Å²) in [6.45, 7) is 7.28. The fourth-order valence-corrected chi connectivity index (χ4v) is 3.19. The predicted octanol–water partition coefficient (Wildman–Crippen LogP) is 0.767. The molecule has 0 saturated carbocycles. The first-order valence-electron chi connectivity index (χ1n) is 7.21. The second-order valence-electron chi connectivity index (χ2n) is 6.61. The van der Waals surface area contributed by atoms with Gasteiger partial charge in [-0.1, -0.05) is 0 Å². The molecule has 21 heavy (non-hydrogen) atoms. The highest BCUT2D eigenvalue weighted by molar-refractivity contribution is 5.03. The second kappa shape index (κ2) is 4.92. The molecule has 3 rings (SSSR count). The van der Waals surface area contributed by atoms with Crippen LogP contribution in [0.3, 0.4) is 0 Å². The van der Waals surface area contributed by atoms with Gasteiger partial charge in [-0.15, -0.1) is 12.3 Å². The minimum absolute atomic E-state index is 0.180. The lowest BCUT2D eigenvalue weighted by molar-refractivity contribution is -0.252. The van der Waals surface area contributed by atoms with Crippen LogP contribution in [-0.2, 0) is 23.7 Å². The predicted molar refractivity (Wildman–Crippen MR) is 72.0 cm³/mol. The van der Waals surface area contributed by atoms with E-state index in [2.05, 4.69) is 5.92 Å². The third kappa shape index (κ3) is 2.70. The van der Waals surface area contributed by atoms with Crippen LogP contribution >= 0.6 is 0 Å². The Morgan fingerprint density at radius 2 is 1.57 bits per heavy atom. The minimum atomic E-state index is -0.840. The second-order valence-corrected chi connectivity index (χ2v) is 6.61. The lowest BCUT2D eigenvalue weighted by Gasteiger charge is -2.38. The molecule has 0 aromatic heterocycles. The number of aliphatic hydroxyl groups is 1. The Morgan fingerprint density at radius 3 is 2.24 bits per heavy atom. The van der Waals surface area contributed by atoms with E-state index in [1.807, 2.05) is 27.7 Å². The van der Waals surface area contributed by atoms with Gasteiger partial charge in [-0.3, -0.25) is 0 Å². The van der Waals surface area contributed by atoms with Crippen LogP contribution < -0.4 is 0 Å². The lowest BCUT2D eigenvalue weighted by atomic mass is 9.94. The topological polar surface area (TPSA) is 66.4 Å². The molecule has 118 valence electrons. The normalized spacial score (nSPS) is 44.7. The largest absolute Gasteiger partial charge is 0.389 e. The Balaban J connectivity index is 1.87. The molecular weight excluding hydrogens is 276 g/mol. The number of hydrogen-bond acceptors (Lipinski definition) is 6. The van der Waals surface area contributed by atoms with E-state index in [1.54, 1.807) is 0 Å². The Bertz CT molecular complexity index is 454. The maximum absolute atomic E-state index is 10.2. The molecule has 0 bridgehead atoms. The summed E-state index contributed by atoms with van der Waals surface area (Å²) in [5.74, 6) is 0.915. The van der Waals surface area contributed by atoms with Crippen molar-refractivity contribution in [2.45, 2.75) is 82.5 Å². The quantitative estimate of drug-likeness (QED) is 0.760. The molecule has 0 unspecified atom stereocenters. The summed E-state index contributed by atoms with van der Waals surface area (Å²) in [7, 11) is 0. The van der Waals surface area contributed by atoms with Gasteiger partial charge in [-0.2, -0.15) is 0 Å². The summed E-state index contributed by atoms with van der Waals surface area (Å²) in [6, 6.07) is 0. The maximum atomic E-state index is 10.2. The van der Waals surface area contributed by atoms with Crippen molar-refractivity contribution < 1.29 is 28.8 Å². The van der Waals surface area contributed by atoms with Gasteiger partial charge in [0.15, 0.2) is 17.9 Å². The number of fused-ring (bicyclic) bond motifs is 3. The van der Waals surface area contributed by atoms with Crippen molar-refractivity contribution in [3.63, 3.8) is 0 Å². The van der Waals surface area contributed by atoms with Crippen LogP contribution in [-0.4, -0.2) is 53.5 Å². The van der Waals surface area contributed by atoms with Crippen molar-refractivity contribution in [2.24, 2.45) is 0 Å². The summed E-state index contributed by atoms with van der Waals surface area (Å²) >= 11 is 0. The van der Waals surface area contributed by atoms with E-state index in [-0.39, 0.29) is 18.6 Å². The van der Waals surface area contributed by atoms with Crippen molar-refractivity contribution >= 4 is 0 Å². The van der Waals surface area contributed by atoms with Crippen molar-refractivity contribution in [3.8, 4) is 12.3 Å². The molecule has 0 amide bonds. The van der Waals surface area contributed by atoms with Crippen molar-refractivity contribution in [2.75, 3.05) is 0 Å². The SMILES string of the molecule is C#CC[C@H](O)[C@H]1O[C@@H]2OC(C)(C)O[C@@H]2[C@H]2OC(C)(C)O[C@H]21. The van der Waals surface area contributed by atoms with Gasteiger partial charge < -0.3 is 28.8 Å². The molecule has 0 aromatic rings. The van der Waals surface area contributed by atoms with E-state index >= 15 is 0 Å². The highest BCUT2D eigenvalue weighted by Crippen LogP contribution is 2.44. The van der Waals surface area contributed by atoms with Gasteiger partial charge >= 0.3 is 0 Å². The molecule has 0 spiro atoms. The van der Waals surface area contributed by atoms with E-state index in [9.17, 15) is 5.11 Å². The Morgan fingerprint density at radius 1 is 1.00 bits per heavy atom. The van der Waals surface area contributed by atoms with Crippen molar-refractivity contribution in [1.82, 2.24) is 0 Å². The zero-order valence-electron chi connectivity index (χ0n) is 12.7. The zero-order chi connectivity index (χ0) is 15.4. The van der Waals surface area contributed by atoms with Crippen molar-refractivity contribution in [3.05, 3.63) is 0 Å². The molecule has 6 atom stereocenters. The van der Waals surface area contributed by atoms with Crippen LogP contribution in [0.1, 0.15) is 34.1 Å². The monoisotopic (exact) mass is 298 g/mol. The number of aliphatic hydroxyl groups excluding tert-OH is 1. The zero-order valence-corrected chi connectivity index (χ0v) is 12.7. The summed E-state index contributed by atoms with van der Waals surface area (Å²) < 4.78 is 29.3. The van der Waals surface area contributed by atoms with Crippen LogP contribution in [0, 0.1) is 12.3 Å². The maximum Gasteiger partial charge on any atom is 0.190 e. The molecule has 1 N–H and O–H groups in total. The van der Waals surface area contributed by atoms with Gasteiger partial charge in [-0.05, 0) is 27.7 Å². The third-order valence-corrected chi connectivity index (χ3v) is 3.90. The molecule has 0 aromatic carbocycles. The number of terminal acetylenes is 1. The average Bonchev–Trinajstić information content (AvgIpc) is 2.82. The van der Waals surface area contributed by atoms with E-state index < -0.39 is 36.2 Å². The fourth-order valence-electron chi connectivity index (χ4n) is 3.19. The van der Waals surface area contributed by atoms with E-state index in [1.165, 1.54) is 0 Å². The fraction of sp³-hybridized carbons (Fsp3) is 0.867. The van der Waals surface area contributed by atoms with E-state index in [0.29, 0.717) is 0 Å². The Kier molecular flexibility index (Phi) is 3.56. The van der Waals surface area contributed by atoms with Gasteiger partial charge in [0.05, 0.1) is 6.10 Å². The summed E-state index contributed by atoms with van der Waals surface area (Å²) in [5, 5.41) is 10.2. The van der Waals surface area contributed by atoms with E-state index in [4.69, 9.17) is 30.1 Å². The molecule has 0 radical (unpaired) electrons. The molecule has 3 saturated heterocycles. The van der Waals surface area contributed by atoms with Crippen LogP contribution in [0.15, 0.2) is 0 Å². The average molecular weight is 298 g/mol. The van der Waals surface area contributed by atoms with Gasteiger partial charge in [0, 0.05) is 6.42 Å². The number of hydrogen-bond donors (Lipinski definition) is 1. The molecular formula is C15H22O6. The van der Waals surface area contributed by atoms with Crippen LogP contribution in [0.5, 0.6) is 0 Å². The van der Waals surface area contributed by atoms with Crippen LogP contribution in [0.2, 0.25) is 0 Å². The first-order chi connectivity index (χ1) is 9.72. The molecule has 3 aliphatic heterocycles. The van der Waals surface area contributed by atoms with Crippen LogP contribution in [0.25, 0.3) is 0 Å². The molecule has 6 nitrogen and oxygen atoms in total. The molecule has 3 fully saturated rings. The van der Waals surface area contributed by atoms with Gasteiger partial charge in [-0.25, -0.2) is 0 Å². The summed E-state index contributed by atoms with van der Waals surface area (Å²) in [4.78, 5) is 0. The molecule has 6 heteroatoms.